The summed E-state index contributed by atoms with van der Waals surface area (Å²) in [6.45, 7) is 0. The molecule has 0 fully saturated rings. The summed E-state index contributed by atoms with van der Waals surface area (Å²) in [5, 5.41) is 10.7. The fourth-order valence-corrected chi connectivity index (χ4v) is 2.56. The maximum atomic E-state index is 9.40. The van der Waals surface area contributed by atoms with Crippen LogP contribution >= 0.6 is 11.6 Å². The van der Waals surface area contributed by atoms with Crippen LogP contribution in [0.2, 0.25) is 5.02 Å². The van der Waals surface area contributed by atoms with Crippen molar-refractivity contribution in [3.63, 3.8) is 0 Å². The molecule has 2 N–H and O–H groups in total. The monoisotopic (exact) mass is 279 g/mol. The lowest BCUT2D eigenvalue weighted by Gasteiger charge is -2.12. The minimum absolute atomic E-state index is 0.223. The number of hydrogen-bond donors (Lipinski definition) is 1. The van der Waals surface area contributed by atoms with Crippen LogP contribution in [0.3, 0.4) is 0 Å². The number of halogens is 1. The summed E-state index contributed by atoms with van der Waals surface area (Å²) < 4.78 is 0. The number of nitrogen functional groups attached to an aromatic ring is 1. The van der Waals surface area contributed by atoms with E-state index >= 15 is 0 Å². The summed E-state index contributed by atoms with van der Waals surface area (Å²) in [6, 6.07) is 17.2. The average molecular weight is 280 g/mol. The van der Waals surface area contributed by atoms with Gasteiger partial charge in [-0.1, -0.05) is 48.0 Å². The lowest BCUT2D eigenvalue weighted by Crippen LogP contribution is -1.99. The fourth-order valence-electron chi connectivity index (χ4n) is 2.30. The predicted molar refractivity (Wildman–Crippen MR) is 81.3 cm³/mol. The summed E-state index contributed by atoms with van der Waals surface area (Å²) in [7, 11) is 0. The number of benzene rings is 2. The first-order valence-electron chi connectivity index (χ1n) is 6.05. The molecule has 96 valence electrons. The summed E-state index contributed by atoms with van der Waals surface area (Å²) in [5.41, 5.74) is 8.59. The van der Waals surface area contributed by atoms with Crippen molar-refractivity contribution in [2.45, 2.75) is 0 Å². The average Bonchev–Trinajstić information content (AvgIpc) is 2.47. The zero-order valence-electron chi connectivity index (χ0n) is 10.5. The predicted octanol–water partition coefficient (Wildman–Crippen LogP) is 4.01. The molecule has 1 aromatic heterocycles. The molecule has 20 heavy (non-hydrogen) atoms. The smallest absolute Gasteiger partial charge is 0.142 e. The first kappa shape index (κ1) is 12.5. The van der Waals surface area contributed by atoms with Crippen molar-refractivity contribution < 1.29 is 0 Å². The van der Waals surface area contributed by atoms with Crippen LogP contribution in [0.25, 0.3) is 22.0 Å². The Balaban J connectivity index is 2.53. The third kappa shape index (κ3) is 1.87. The van der Waals surface area contributed by atoms with Crippen molar-refractivity contribution in [1.82, 2.24) is 4.98 Å². The van der Waals surface area contributed by atoms with Gasteiger partial charge in [0, 0.05) is 10.9 Å². The number of fused-ring (bicyclic) bond motifs is 1. The quantitative estimate of drug-likeness (QED) is 0.732. The summed E-state index contributed by atoms with van der Waals surface area (Å²) in [6.07, 6.45) is 0. The zero-order chi connectivity index (χ0) is 14.1. The SMILES string of the molecule is N#Cc1c(N)nc2cccc(Cl)c2c1-c1ccccc1. The largest absolute Gasteiger partial charge is 0.383 e. The third-order valence-electron chi connectivity index (χ3n) is 3.16. The highest BCUT2D eigenvalue weighted by atomic mass is 35.5. The van der Waals surface area contributed by atoms with Crippen LogP contribution in [0.15, 0.2) is 48.5 Å². The molecule has 0 amide bonds. The highest BCUT2D eigenvalue weighted by Gasteiger charge is 2.16. The molecule has 1 heterocycles. The molecule has 0 saturated carbocycles. The zero-order valence-corrected chi connectivity index (χ0v) is 11.2. The van der Waals surface area contributed by atoms with Crippen molar-refractivity contribution in [2.24, 2.45) is 0 Å². The standard InChI is InChI=1S/C16H10ClN3/c17-12-7-4-8-13-15(12)14(10-5-2-1-3-6-10)11(9-18)16(19)20-13/h1-8H,(H2,19,20). The second-order valence-electron chi connectivity index (χ2n) is 4.36. The van der Waals surface area contributed by atoms with Crippen LogP contribution < -0.4 is 5.73 Å². The minimum atomic E-state index is 0.223. The Morgan fingerprint density at radius 3 is 2.50 bits per heavy atom. The molecular formula is C16H10ClN3. The molecular weight excluding hydrogens is 270 g/mol. The van der Waals surface area contributed by atoms with E-state index in [1.54, 1.807) is 6.07 Å². The van der Waals surface area contributed by atoms with Gasteiger partial charge in [0.2, 0.25) is 0 Å². The number of anilines is 1. The lowest BCUT2D eigenvalue weighted by atomic mass is 9.96. The number of pyridine rings is 1. The topological polar surface area (TPSA) is 62.7 Å². The van der Waals surface area contributed by atoms with Gasteiger partial charge in [-0.2, -0.15) is 5.26 Å². The van der Waals surface area contributed by atoms with Gasteiger partial charge in [0.25, 0.3) is 0 Å². The lowest BCUT2D eigenvalue weighted by molar-refractivity contribution is 1.37. The molecule has 0 unspecified atom stereocenters. The molecule has 3 rings (SSSR count). The Morgan fingerprint density at radius 2 is 1.80 bits per heavy atom. The van der Waals surface area contributed by atoms with Crippen LogP contribution in [0.1, 0.15) is 5.56 Å². The Morgan fingerprint density at radius 1 is 1.05 bits per heavy atom. The Labute approximate surface area is 121 Å². The van der Waals surface area contributed by atoms with Gasteiger partial charge in [-0.3, -0.25) is 0 Å². The maximum Gasteiger partial charge on any atom is 0.142 e. The Kier molecular flexibility index (Phi) is 3.02. The molecule has 0 radical (unpaired) electrons. The first-order valence-corrected chi connectivity index (χ1v) is 6.43. The highest BCUT2D eigenvalue weighted by Crippen LogP contribution is 2.37. The molecule has 0 spiro atoms. The van der Waals surface area contributed by atoms with E-state index in [0.29, 0.717) is 16.1 Å². The molecule has 4 heteroatoms. The number of nitriles is 1. The highest BCUT2D eigenvalue weighted by molar-refractivity contribution is 6.36. The number of rotatable bonds is 1. The Hall–Kier alpha value is -2.57. The molecule has 0 aliphatic carbocycles. The number of aromatic nitrogens is 1. The van der Waals surface area contributed by atoms with E-state index < -0.39 is 0 Å². The van der Waals surface area contributed by atoms with E-state index in [9.17, 15) is 5.26 Å². The number of hydrogen-bond acceptors (Lipinski definition) is 3. The van der Waals surface area contributed by atoms with E-state index in [0.717, 1.165) is 16.5 Å². The van der Waals surface area contributed by atoms with Gasteiger partial charge in [-0.25, -0.2) is 4.98 Å². The summed E-state index contributed by atoms with van der Waals surface area (Å²) in [4.78, 5) is 4.26. The van der Waals surface area contributed by atoms with Crippen molar-refractivity contribution >= 4 is 28.3 Å². The van der Waals surface area contributed by atoms with Crippen LogP contribution in [-0.4, -0.2) is 4.98 Å². The normalized spacial score (nSPS) is 10.4. The maximum absolute atomic E-state index is 9.40. The van der Waals surface area contributed by atoms with Crippen LogP contribution in [0.5, 0.6) is 0 Å². The van der Waals surface area contributed by atoms with Gasteiger partial charge >= 0.3 is 0 Å². The van der Waals surface area contributed by atoms with Crippen molar-refractivity contribution in [3.8, 4) is 17.2 Å². The van der Waals surface area contributed by atoms with Gasteiger partial charge in [-0.15, -0.1) is 0 Å². The van der Waals surface area contributed by atoms with Crippen molar-refractivity contribution in [3.05, 3.63) is 59.1 Å². The van der Waals surface area contributed by atoms with E-state index in [1.165, 1.54) is 0 Å². The minimum Gasteiger partial charge on any atom is -0.383 e. The fraction of sp³-hybridized carbons (Fsp3) is 0. The second kappa shape index (κ2) is 4.84. The van der Waals surface area contributed by atoms with Gasteiger partial charge in [0.1, 0.15) is 17.5 Å². The molecule has 0 aliphatic rings. The summed E-state index contributed by atoms with van der Waals surface area (Å²) in [5.74, 6) is 0.223. The molecule has 3 nitrogen and oxygen atoms in total. The molecule has 0 bridgehead atoms. The van der Waals surface area contributed by atoms with E-state index in [2.05, 4.69) is 11.1 Å². The third-order valence-corrected chi connectivity index (χ3v) is 3.48. The van der Waals surface area contributed by atoms with Gasteiger partial charge in [-0.05, 0) is 17.7 Å². The second-order valence-corrected chi connectivity index (χ2v) is 4.77. The molecule has 0 atom stereocenters. The van der Waals surface area contributed by atoms with Crippen LogP contribution in [0.4, 0.5) is 5.82 Å². The van der Waals surface area contributed by atoms with E-state index in [-0.39, 0.29) is 5.82 Å². The molecule has 0 saturated heterocycles. The van der Waals surface area contributed by atoms with Crippen molar-refractivity contribution in [1.29, 1.82) is 5.26 Å². The van der Waals surface area contributed by atoms with Gasteiger partial charge in [0.05, 0.1) is 10.5 Å². The van der Waals surface area contributed by atoms with E-state index in [4.69, 9.17) is 17.3 Å². The van der Waals surface area contributed by atoms with Crippen molar-refractivity contribution in [2.75, 3.05) is 5.73 Å². The Bertz CT molecular complexity index is 836. The van der Waals surface area contributed by atoms with Gasteiger partial charge < -0.3 is 5.73 Å². The molecule has 2 aromatic carbocycles. The van der Waals surface area contributed by atoms with Crippen LogP contribution in [0, 0.1) is 11.3 Å². The van der Waals surface area contributed by atoms with Gasteiger partial charge in [0.15, 0.2) is 0 Å². The van der Waals surface area contributed by atoms with Crippen LogP contribution in [-0.2, 0) is 0 Å². The first-order chi connectivity index (χ1) is 9.72. The molecule has 3 aromatic rings. The number of nitrogens with two attached hydrogens (primary N) is 1. The summed E-state index contributed by atoms with van der Waals surface area (Å²) >= 11 is 6.30. The molecule has 0 aliphatic heterocycles. The van der Waals surface area contributed by atoms with E-state index in [1.807, 2.05) is 42.5 Å². The number of nitrogens with zero attached hydrogens (tertiary/aromatic N) is 2.